The summed E-state index contributed by atoms with van der Waals surface area (Å²) in [5.41, 5.74) is 1.76. The molecule has 26 heavy (non-hydrogen) atoms. The summed E-state index contributed by atoms with van der Waals surface area (Å²) >= 11 is 3.45. The van der Waals surface area contributed by atoms with Gasteiger partial charge in [-0.05, 0) is 47.8 Å². The van der Waals surface area contributed by atoms with Gasteiger partial charge in [0.1, 0.15) is 5.65 Å². The van der Waals surface area contributed by atoms with Crippen molar-refractivity contribution in [2.75, 3.05) is 26.2 Å². The fraction of sp³-hybridized carbons (Fsp3) is 0.471. The summed E-state index contributed by atoms with van der Waals surface area (Å²) < 4.78 is 2.97. The predicted molar refractivity (Wildman–Crippen MR) is 117 cm³/mol. The van der Waals surface area contributed by atoms with Crippen molar-refractivity contribution in [3.63, 3.8) is 0 Å². The lowest BCUT2D eigenvalue weighted by atomic mass is 10.4. The van der Waals surface area contributed by atoms with E-state index >= 15 is 0 Å². The number of nitrogens with zero attached hydrogens (tertiary/aromatic N) is 4. The zero-order valence-electron chi connectivity index (χ0n) is 14.7. The van der Waals surface area contributed by atoms with Gasteiger partial charge in [0.2, 0.25) is 5.91 Å². The SMILES string of the molecule is CCNC(=NCc1cn2cc(Br)ccc2n1)NCC(=O)N1CCCC1.I. The molecule has 9 heteroatoms. The van der Waals surface area contributed by atoms with Gasteiger partial charge in [-0.1, -0.05) is 0 Å². The Morgan fingerprint density at radius 3 is 2.77 bits per heavy atom. The van der Waals surface area contributed by atoms with Gasteiger partial charge in [-0.25, -0.2) is 9.98 Å². The molecule has 0 aromatic carbocycles. The van der Waals surface area contributed by atoms with E-state index in [0.717, 1.165) is 48.3 Å². The summed E-state index contributed by atoms with van der Waals surface area (Å²) in [6.07, 6.45) is 6.13. The minimum atomic E-state index is 0. The highest BCUT2D eigenvalue weighted by Gasteiger charge is 2.17. The van der Waals surface area contributed by atoms with Crippen molar-refractivity contribution in [3.05, 3.63) is 34.7 Å². The Kier molecular flexibility index (Phi) is 8.14. The fourth-order valence-corrected chi connectivity index (χ4v) is 3.19. The van der Waals surface area contributed by atoms with Crippen LogP contribution in [0.5, 0.6) is 0 Å². The number of carbonyl (C=O) groups excluding carboxylic acids is 1. The van der Waals surface area contributed by atoms with Gasteiger partial charge in [0, 0.05) is 36.5 Å². The largest absolute Gasteiger partial charge is 0.357 e. The van der Waals surface area contributed by atoms with Crippen LogP contribution >= 0.6 is 39.9 Å². The van der Waals surface area contributed by atoms with Crippen molar-refractivity contribution >= 4 is 57.4 Å². The molecule has 2 aromatic heterocycles. The Hall–Kier alpha value is -1.36. The van der Waals surface area contributed by atoms with E-state index in [9.17, 15) is 4.79 Å². The molecule has 0 atom stereocenters. The summed E-state index contributed by atoms with van der Waals surface area (Å²) in [6.45, 7) is 5.19. The fourth-order valence-electron chi connectivity index (χ4n) is 2.83. The Morgan fingerprint density at radius 1 is 1.27 bits per heavy atom. The van der Waals surface area contributed by atoms with E-state index in [1.807, 2.05) is 40.8 Å². The van der Waals surface area contributed by atoms with Gasteiger partial charge < -0.3 is 19.9 Å². The molecule has 3 heterocycles. The van der Waals surface area contributed by atoms with E-state index in [-0.39, 0.29) is 36.4 Å². The lowest BCUT2D eigenvalue weighted by Crippen LogP contribution is -2.44. The smallest absolute Gasteiger partial charge is 0.241 e. The Morgan fingerprint density at radius 2 is 2.04 bits per heavy atom. The van der Waals surface area contributed by atoms with E-state index in [0.29, 0.717) is 12.5 Å². The van der Waals surface area contributed by atoms with Crippen molar-refractivity contribution < 1.29 is 4.79 Å². The van der Waals surface area contributed by atoms with E-state index < -0.39 is 0 Å². The van der Waals surface area contributed by atoms with Crippen LogP contribution < -0.4 is 10.6 Å². The van der Waals surface area contributed by atoms with Crippen LogP contribution in [0.1, 0.15) is 25.5 Å². The second-order valence-electron chi connectivity index (χ2n) is 5.98. The van der Waals surface area contributed by atoms with Crippen molar-refractivity contribution in [1.82, 2.24) is 24.9 Å². The van der Waals surface area contributed by atoms with Crippen LogP contribution in [0.3, 0.4) is 0 Å². The van der Waals surface area contributed by atoms with Crippen LogP contribution in [0.15, 0.2) is 34.0 Å². The average molecular weight is 535 g/mol. The third kappa shape index (κ3) is 5.57. The molecule has 0 bridgehead atoms. The maximum atomic E-state index is 12.1. The number of fused-ring (bicyclic) bond motifs is 1. The molecule has 1 aliphatic heterocycles. The maximum absolute atomic E-state index is 12.1. The first-order chi connectivity index (χ1) is 12.2. The number of aliphatic imine (C=N–C) groups is 1. The van der Waals surface area contributed by atoms with Crippen LogP contribution in [-0.4, -0.2) is 52.3 Å². The number of guanidine groups is 1. The van der Waals surface area contributed by atoms with Gasteiger partial charge in [-0.3, -0.25) is 4.79 Å². The summed E-state index contributed by atoms with van der Waals surface area (Å²) in [5.74, 6) is 0.758. The molecule has 0 unspecified atom stereocenters. The standard InChI is InChI=1S/C17H23BrN6O.HI/c1-2-19-17(21-10-16(25)23-7-3-4-8-23)20-9-14-12-24-11-13(18)5-6-15(24)22-14;/h5-6,11-12H,2-4,7-10H2,1H3,(H2,19,20,21);1H. The highest BCUT2D eigenvalue weighted by atomic mass is 127. The number of likely N-dealkylation sites (tertiary alicyclic amines) is 1. The zero-order chi connectivity index (χ0) is 17.6. The van der Waals surface area contributed by atoms with Crippen molar-refractivity contribution in [3.8, 4) is 0 Å². The number of hydrogen-bond donors (Lipinski definition) is 2. The quantitative estimate of drug-likeness (QED) is 0.351. The maximum Gasteiger partial charge on any atom is 0.241 e. The Bertz CT molecular complexity index is 772. The molecule has 3 rings (SSSR count). The van der Waals surface area contributed by atoms with Gasteiger partial charge in [0.25, 0.3) is 0 Å². The first-order valence-electron chi connectivity index (χ1n) is 8.59. The van der Waals surface area contributed by atoms with Crippen molar-refractivity contribution in [2.45, 2.75) is 26.3 Å². The molecule has 1 aliphatic rings. The molecular weight excluding hydrogens is 511 g/mol. The van der Waals surface area contributed by atoms with Crippen LogP contribution in [0, 0.1) is 0 Å². The van der Waals surface area contributed by atoms with E-state index in [4.69, 9.17) is 0 Å². The van der Waals surface area contributed by atoms with Crippen molar-refractivity contribution in [1.29, 1.82) is 0 Å². The normalized spacial score (nSPS) is 14.4. The van der Waals surface area contributed by atoms with Gasteiger partial charge in [-0.2, -0.15) is 0 Å². The molecule has 0 aliphatic carbocycles. The minimum absolute atomic E-state index is 0. The molecular formula is C17H24BrIN6O. The number of amides is 1. The molecule has 142 valence electrons. The summed E-state index contributed by atoms with van der Waals surface area (Å²) in [6, 6.07) is 3.92. The minimum Gasteiger partial charge on any atom is -0.357 e. The van der Waals surface area contributed by atoms with Gasteiger partial charge >= 0.3 is 0 Å². The Balaban J connectivity index is 0.00000243. The monoisotopic (exact) mass is 534 g/mol. The van der Waals surface area contributed by atoms with E-state index in [1.165, 1.54) is 0 Å². The molecule has 0 radical (unpaired) electrons. The number of rotatable bonds is 5. The van der Waals surface area contributed by atoms with Crippen LogP contribution in [0.4, 0.5) is 0 Å². The number of pyridine rings is 1. The van der Waals surface area contributed by atoms with Crippen LogP contribution in [-0.2, 0) is 11.3 Å². The average Bonchev–Trinajstić information content (AvgIpc) is 3.26. The third-order valence-electron chi connectivity index (χ3n) is 4.07. The lowest BCUT2D eigenvalue weighted by molar-refractivity contribution is -0.128. The van der Waals surface area contributed by atoms with E-state index in [2.05, 4.69) is 36.5 Å². The van der Waals surface area contributed by atoms with Gasteiger partial charge in [0.05, 0.1) is 18.8 Å². The number of imidazole rings is 1. The number of carbonyl (C=O) groups is 1. The predicted octanol–water partition coefficient (Wildman–Crippen LogP) is 2.39. The number of aromatic nitrogens is 2. The van der Waals surface area contributed by atoms with Gasteiger partial charge in [-0.15, -0.1) is 24.0 Å². The Labute approximate surface area is 178 Å². The first kappa shape index (κ1) is 20.9. The topological polar surface area (TPSA) is 74.0 Å². The zero-order valence-corrected chi connectivity index (χ0v) is 18.7. The van der Waals surface area contributed by atoms with E-state index in [1.54, 1.807) is 0 Å². The first-order valence-corrected chi connectivity index (χ1v) is 9.38. The van der Waals surface area contributed by atoms with Crippen LogP contribution in [0.25, 0.3) is 5.65 Å². The number of nitrogens with one attached hydrogen (secondary N) is 2. The number of halogens is 2. The number of hydrogen-bond acceptors (Lipinski definition) is 3. The molecule has 0 saturated carbocycles. The van der Waals surface area contributed by atoms with Crippen molar-refractivity contribution in [2.24, 2.45) is 4.99 Å². The lowest BCUT2D eigenvalue weighted by Gasteiger charge is -2.17. The highest BCUT2D eigenvalue weighted by molar-refractivity contribution is 14.0. The van der Waals surface area contributed by atoms with Crippen LogP contribution in [0.2, 0.25) is 0 Å². The van der Waals surface area contributed by atoms with Gasteiger partial charge in [0.15, 0.2) is 5.96 Å². The molecule has 1 amide bonds. The molecule has 2 N–H and O–H groups in total. The summed E-state index contributed by atoms with van der Waals surface area (Å²) in [4.78, 5) is 23.1. The third-order valence-corrected chi connectivity index (χ3v) is 4.54. The summed E-state index contributed by atoms with van der Waals surface area (Å²) in [7, 11) is 0. The second-order valence-corrected chi connectivity index (χ2v) is 6.90. The second kappa shape index (κ2) is 10.1. The molecule has 0 spiro atoms. The molecule has 2 aromatic rings. The highest BCUT2D eigenvalue weighted by Crippen LogP contribution is 2.13. The molecule has 7 nitrogen and oxygen atoms in total. The molecule has 1 saturated heterocycles. The summed E-state index contributed by atoms with van der Waals surface area (Å²) in [5, 5.41) is 6.28. The molecule has 1 fully saturated rings.